The van der Waals surface area contributed by atoms with E-state index in [1.807, 2.05) is 25.7 Å². The van der Waals surface area contributed by atoms with E-state index in [-0.39, 0.29) is 11.3 Å². The highest BCUT2D eigenvalue weighted by Crippen LogP contribution is 2.39. The molecule has 0 atom stereocenters. The number of aromatic nitrogens is 1. The number of piperazine rings is 1. The molecule has 1 aromatic heterocycles. The van der Waals surface area contributed by atoms with Gasteiger partial charge in [-0.1, -0.05) is 44.0 Å². The van der Waals surface area contributed by atoms with Gasteiger partial charge in [0.1, 0.15) is 6.07 Å². The highest BCUT2D eigenvalue weighted by atomic mass is 35.5. The van der Waals surface area contributed by atoms with E-state index in [2.05, 4.69) is 21.3 Å². The number of hydrogen-bond acceptors (Lipinski definition) is 8. The van der Waals surface area contributed by atoms with Crippen molar-refractivity contribution < 1.29 is 14.3 Å². The van der Waals surface area contributed by atoms with Crippen LogP contribution >= 0.6 is 23.2 Å². The number of nitrogens with zero attached hydrogens (tertiary/aromatic N) is 4. The molecule has 1 aliphatic rings. The highest BCUT2D eigenvalue weighted by Gasteiger charge is 2.29. The van der Waals surface area contributed by atoms with E-state index in [9.17, 15) is 10.1 Å². The number of carbonyl (C=O) groups excluding carboxylic acids is 1. The van der Waals surface area contributed by atoms with Crippen molar-refractivity contribution in [3.05, 3.63) is 46.1 Å². The average molecular weight is 586 g/mol. The zero-order chi connectivity index (χ0) is 29.0. The van der Waals surface area contributed by atoms with Crippen LogP contribution in [-0.4, -0.2) is 67.1 Å². The van der Waals surface area contributed by atoms with Crippen LogP contribution in [0.3, 0.4) is 0 Å². The number of anilines is 3. The Hall–Kier alpha value is -3.45. The number of nitrogens with two attached hydrogens (primary N) is 1. The fourth-order valence-electron chi connectivity index (χ4n) is 4.61. The lowest BCUT2D eigenvalue weighted by molar-refractivity contribution is -0.141. The lowest BCUT2D eigenvalue weighted by atomic mass is 9.94. The summed E-state index contributed by atoms with van der Waals surface area (Å²) >= 11 is 12.5. The average Bonchev–Trinajstić information content (AvgIpc) is 2.93. The zero-order valence-electron chi connectivity index (χ0n) is 23.2. The smallest absolute Gasteiger partial charge is 0.228 e. The third-order valence-corrected chi connectivity index (χ3v) is 7.44. The van der Waals surface area contributed by atoms with Crippen LogP contribution in [0.2, 0.25) is 10.0 Å². The van der Waals surface area contributed by atoms with Crippen LogP contribution in [0, 0.1) is 16.7 Å². The number of carbonyl (C=O) groups is 1. The number of amides is 1. The van der Waals surface area contributed by atoms with Crippen LogP contribution in [0.1, 0.15) is 32.8 Å². The van der Waals surface area contributed by atoms with Gasteiger partial charge in [-0.2, -0.15) is 5.26 Å². The molecule has 1 fully saturated rings. The van der Waals surface area contributed by atoms with Gasteiger partial charge in [-0.25, -0.2) is 0 Å². The number of halogens is 2. The number of ether oxygens (including phenoxy) is 2. The fraction of sp³-hybridized carbons (Fsp3) is 0.414. The maximum atomic E-state index is 12.5. The number of hydrogen-bond donors (Lipinski definition) is 2. The molecule has 0 saturated carbocycles. The van der Waals surface area contributed by atoms with Crippen molar-refractivity contribution in [3.63, 3.8) is 0 Å². The Morgan fingerprint density at radius 2 is 1.85 bits per heavy atom. The van der Waals surface area contributed by atoms with Crippen molar-refractivity contribution in [2.75, 3.05) is 57.5 Å². The minimum Gasteiger partial charge on any atom is -0.493 e. The molecule has 212 valence electrons. The summed E-state index contributed by atoms with van der Waals surface area (Å²) in [6.07, 6.45) is 2.32. The summed E-state index contributed by atoms with van der Waals surface area (Å²) in [7, 11) is 1.57. The molecule has 11 heteroatoms. The molecule has 1 saturated heterocycles. The summed E-state index contributed by atoms with van der Waals surface area (Å²) in [5, 5.41) is 14.3. The fourth-order valence-corrected chi connectivity index (χ4v) is 5.04. The molecule has 4 rings (SSSR count). The number of pyridine rings is 1. The van der Waals surface area contributed by atoms with Crippen molar-refractivity contribution in [1.29, 1.82) is 5.26 Å². The molecule has 0 unspecified atom stereocenters. The van der Waals surface area contributed by atoms with Gasteiger partial charge in [0.05, 0.1) is 51.9 Å². The Morgan fingerprint density at radius 1 is 1.12 bits per heavy atom. The number of methoxy groups -OCH3 is 1. The second kappa shape index (κ2) is 12.4. The van der Waals surface area contributed by atoms with E-state index < -0.39 is 0 Å². The van der Waals surface area contributed by atoms with E-state index in [1.54, 1.807) is 31.4 Å². The quantitative estimate of drug-likeness (QED) is 0.255. The maximum Gasteiger partial charge on any atom is 0.228 e. The molecule has 3 aromatic rings. The second-order valence-electron chi connectivity index (χ2n) is 10.7. The third-order valence-electron chi connectivity index (χ3n) is 6.80. The molecule has 0 radical (unpaired) electrons. The third kappa shape index (κ3) is 6.64. The Balaban J connectivity index is 1.44. The first-order valence-electron chi connectivity index (χ1n) is 13.1. The number of rotatable bonds is 8. The van der Waals surface area contributed by atoms with Crippen LogP contribution in [0.5, 0.6) is 11.5 Å². The lowest BCUT2D eigenvalue weighted by Gasteiger charge is -2.37. The molecular formula is C29H34Cl2N6O3. The Bertz CT molecular complexity index is 1440. The van der Waals surface area contributed by atoms with Gasteiger partial charge >= 0.3 is 0 Å². The lowest BCUT2D eigenvalue weighted by Crippen LogP contribution is -2.51. The summed E-state index contributed by atoms with van der Waals surface area (Å²) in [6.45, 7) is 10.4. The normalized spacial score (nSPS) is 14.2. The Morgan fingerprint density at radius 3 is 2.50 bits per heavy atom. The van der Waals surface area contributed by atoms with Gasteiger partial charge in [0, 0.05) is 55.8 Å². The van der Waals surface area contributed by atoms with Crippen molar-refractivity contribution in [2.24, 2.45) is 5.41 Å². The van der Waals surface area contributed by atoms with Crippen LogP contribution in [-0.2, 0) is 4.79 Å². The predicted octanol–water partition coefficient (Wildman–Crippen LogP) is 5.71. The first-order valence-corrected chi connectivity index (χ1v) is 13.8. The first-order chi connectivity index (χ1) is 19.0. The molecule has 1 aliphatic heterocycles. The Labute approximate surface area is 244 Å². The zero-order valence-corrected chi connectivity index (χ0v) is 24.7. The number of nitrogens with one attached hydrogen (secondary N) is 1. The van der Waals surface area contributed by atoms with Gasteiger partial charge in [-0.05, 0) is 24.6 Å². The SMILES string of the molecule is COc1cc2c(Nc3cc(N)c(Cl)cc3Cl)c(C#N)cnc2cc1OCCCN1CCN(C(=O)C(C)(C)C)CC1. The predicted molar refractivity (Wildman–Crippen MR) is 160 cm³/mol. The topological polar surface area (TPSA) is 117 Å². The van der Waals surface area contributed by atoms with Crippen LogP contribution in [0.4, 0.5) is 17.1 Å². The van der Waals surface area contributed by atoms with Gasteiger partial charge in [0.25, 0.3) is 0 Å². The molecule has 0 bridgehead atoms. The van der Waals surface area contributed by atoms with Crippen molar-refractivity contribution in [2.45, 2.75) is 27.2 Å². The van der Waals surface area contributed by atoms with E-state index in [1.165, 1.54) is 6.20 Å². The standard InChI is InChI=1S/C29H34Cl2N6O3/c1-29(2,3)28(38)37-9-7-36(8-10-37)6-5-11-40-26-15-23-19(12-25(26)39-4)27(18(16-32)17-34-23)35-24-14-22(33)20(30)13-21(24)31/h12-15,17H,5-11,33H2,1-4H3,(H,34,35). The molecule has 0 aliphatic carbocycles. The van der Waals surface area contributed by atoms with Gasteiger partial charge in [0.15, 0.2) is 11.5 Å². The summed E-state index contributed by atoms with van der Waals surface area (Å²) < 4.78 is 11.7. The minimum absolute atomic E-state index is 0.202. The molecule has 9 nitrogen and oxygen atoms in total. The summed E-state index contributed by atoms with van der Waals surface area (Å²) in [5.41, 5.74) is 7.95. The number of nitrogen functional groups attached to an aromatic ring is 1. The van der Waals surface area contributed by atoms with Crippen LogP contribution < -0.4 is 20.5 Å². The van der Waals surface area contributed by atoms with E-state index in [4.69, 9.17) is 38.4 Å². The molecular weight excluding hydrogens is 551 g/mol. The monoisotopic (exact) mass is 584 g/mol. The molecule has 3 N–H and O–H groups in total. The van der Waals surface area contributed by atoms with E-state index >= 15 is 0 Å². The van der Waals surface area contributed by atoms with Gasteiger partial charge in [0.2, 0.25) is 5.91 Å². The largest absolute Gasteiger partial charge is 0.493 e. The summed E-state index contributed by atoms with van der Waals surface area (Å²) in [5.74, 6) is 1.28. The molecule has 1 amide bonds. The Kier molecular flexibility index (Phi) is 9.14. The summed E-state index contributed by atoms with van der Waals surface area (Å²) in [4.78, 5) is 21.3. The van der Waals surface area contributed by atoms with Crippen molar-refractivity contribution >= 4 is 57.1 Å². The highest BCUT2D eigenvalue weighted by molar-refractivity contribution is 6.38. The number of benzene rings is 2. The molecule has 2 heterocycles. The first kappa shape index (κ1) is 29.5. The van der Waals surface area contributed by atoms with E-state index in [0.29, 0.717) is 61.7 Å². The van der Waals surface area contributed by atoms with Crippen LogP contribution in [0.15, 0.2) is 30.5 Å². The van der Waals surface area contributed by atoms with Gasteiger partial charge < -0.3 is 25.4 Å². The summed E-state index contributed by atoms with van der Waals surface area (Å²) in [6, 6.07) is 8.93. The minimum atomic E-state index is -0.353. The number of fused-ring (bicyclic) bond motifs is 1. The van der Waals surface area contributed by atoms with Crippen LogP contribution in [0.25, 0.3) is 10.9 Å². The number of nitriles is 1. The van der Waals surface area contributed by atoms with E-state index in [0.717, 1.165) is 39.1 Å². The van der Waals surface area contributed by atoms with Crippen molar-refractivity contribution in [3.8, 4) is 17.6 Å². The molecule has 2 aromatic carbocycles. The second-order valence-corrected chi connectivity index (χ2v) is 11.6. The van der Waals surface area contributed by atoms with Crippen molar-refractivity contribution in [1.82, 2.24) is 14.8 Å². The van der Waals surface area contributed by atoms with Gasteiger partial charge in [-0.3, -0.25) is 14.7 Å². The maximum absolute atomic E-state index is 12.5. The molecule has 0 spiro atoms. The van der Waals surface area contributed by atoms with Gasteiger partial charge in [-0.15, -0.1) is 0 Å². The molecule has 40 heavy (non-hydrogen) atoms.